The van der Waals surface area contributed by atoms with Gasteiger partial charge in [-0.25, -0.2) is 9.97 Å². The first-order valence-electron chi connectivity index (χ1n) is 8.34. The Morgan fingerprint density at radius 3 is 2.32 bits per heavy atom. The Kier molecular flexibility index (Phi) is 5.42. The van der Waals surface area contributed by atoms with Crippen LogP contribution in [0.2, 0.25) is 0 Å². The SMILES string of the molecule is C=CCNc1cc(NCc2ccccc2C)nc(-c2ccccc2)n1. The van der Waals surface area contributed by atoms with Crippen LogP contribution in [0.15, 0.2) is 73.3 Å². The van der Waals surface area contributed by atoms with Gasteiger partial charge in [0.15, 0.2) is 5.82 Å². The Morgan fingerprint density at radius 1 is 0.920 bits per heavy atom. The average molecular weight is 330 g/mol. The summed E-state index contributed by atoms with van der Waals surface area (Å²) < 4.78 is 0. The molecular weight excluding hydrogens is 308 g/mol. The second kappa shape index (κ2) is 8.11. The molecule has 1 aromatic heterocycles. The number of hydrogen-bond acceptors (Lipinski definition) is 4. The molecule has 0 aliphatic carbocycles. The van der Waals surface area contributed by atoms with Crippen LogP contribution in [0.1, 0.15) is 11.1 Å². The first-order chi connectivity index (χ1) is 12.3. The minimum Gasteiger partial charge on any atom is -0.366 e. The highest BCUT2D eigenvalue weighted by molar-refractivity contribution is 5.61. The van der Waals surface area contributed by atoms with Crippen molar-refractivity contribution in [3.05, 3.63) is 84.4 Å². The van der Waals surface area contributed by atoms with Crippen molar-refractivity contribution in [1.82, 2.24) is 9.97 Å². The van der Waals surface area contributed by atoms with Gasteiger partial charge in [-0.2, -0.15) is 0 Å². The van der Waals surface area contributed by atoms with Gasteiger partial charge in [-0.1, -0.05) is 60.7 Å². The zero-order chi connectivity index (χ0) is 17.5. The van der Waals surface area contributed by atoms with E-state index >= 15 is 0 Å². The van der Waals surface area contributed by atoms with E-state index in [9.17, 15) is 0 Å². The molecule has 0 atom stereocenters. The number of anilines is 2. The molecule has 4 heteroatoms. The summed E-state index contributed by atoms with van der Waals surface area (Å²) in [6.07, 6.45) is 1.81. The summed E-state index contributed by atoms with van der Waals surface area (Å²) in [6.45, 7) is 7.23. The number of benzene rings is 2. The van der Waals surface area contributed by atoms with Gasteiger partial charge in [-0.15, -0.1) is 6.58 Å². The van der Waals surface area contributed by atoms with E-state index in [1.165, 1.54) is 11.1 Å². The zero-order valence-corrected chi connectivity index (χ0v) is 14.4. The van der Waals surface area contributed by atoms with E-state index in [0.29, 0.717) is 12.4 Å². The summed E-state index contributed by atoms with van der Waals surface area (Å²) in [7, 11) is 0. The van der Waals surface area contributed by atoms with Crippen LogP contribution in [0.5, 0.6) is 0 Å². The number of aromatic nitrogens is 2. The molecule has 25 heavy (non-hydrogen) atoms. The van der Waals surface area contributed by atoms with Crippen LogP contribution < -0.4 is 10.6 Å². The van der Waals surface area contributed by atoms with Crippen LogP contribution in [-0.2, 0) is 6.54 Å². The number of aryl methyl sites for hydroxylation is 1. The monoisotopic (exact) mass is 330 g/mol. The van der Waals surface area contributed by atoms with Crippen LogP contribution in [0.25, 0.3) is 11.4 Å². The number of nitrogens with zero attached hydrogens (tertiary/aromatic N) is 2. The van der Waals surface area contributed by atoms with Crippen molar-refractivity contribution < 1.29 is 0 Å². The van der Waals surface area contributed by atoms with E-state index < -0.39 is 0 Å². The second-order valence-corrected chi connectivity index (χ2v) is 5.78. The zero-order valence-electron chi connectivity index (χ0n) is 14.4. The molecule has 1 heterocycles. The first-order valence-corrected chi connectivity index (χ1v) is 8.34. The summed E-state index contributed by atoms with van der Waals surface area (Å²) in [5.41, 5.74) is 3.50. The highest BCUT2D eigenvalue weighted by atomic mass is 15.1. The molecule has 0 aliphatic rings. The molecular formula is C21H22N4. The fraction of sp³-hybridized carbons (Fsp3) is 0.143. The second-order valence-electron chi connectivity index (χ2n) is 5.78. The Bertz CT molecular complexity index is 844. The lowest BCUT2D eigenvalue weighted by molar-refractivity contribution is 1.07. The molecule has 2 N–H and O–H groups in total. The third-order valence-corrected chi connectivity index (χ3v) is 3.91. The normalized spacial score (nSPS) is 10.3. The molecule has 3 aromatic rings. The predicted octanol–water partition coefficient (Wildman–Crippen LogP) is 4.66. The van der Waals surface area contributed by atoms with Crippen molar-refractivity contribution in [3.63, 3.8) is 0 Å². The van der Waals surface area contributed by atoms with Crippen LogP contribution >= 0.6 is 0 Å². The summed E-state index contributed by atoms with van der Waals surface area (Å²) in [5, 5.41) is 6.66. The van der Waals surface area contributed by atoms with Gasteiger partial charge >= 0.3 is 0 Å². The fourth-order valence-corrected chi connectivity index (χ4v) is 2.52. The lowest BCUT2D eigenvalue weighted by Gasteiger charge is -2.12. The average Bonchev–Trinajstić information content (AvgIpc) is 2.66. The Balaban J connectivity index is 1.86. The molecule has 4 nitrogen and oxygen atoms in total. The maximum atomic E-state index is 4.67. The minimum absolute atomic E-state index is 0.655. The highest BCUT2D eigenvalue weighted by Crippen LogP contribution is 2.21. The van der Waals surface area contributed by atoms with Gasteiger partial charge in [0.25, 0.3) is 0 Å². The van der Waals surface area contributed by atoms with Crippen LogP contribution in [0, 0.1) is 6.92 Å². The topological polar surface area (TPSA) is 49.8 Å². The minimum atomic E-state index is 0.655. The Labute approximate surface area is 148 Å². The van der Waals surface area contributed by atoms with Crippen molar-refractivity contribution >= 4 is 11.6 Å². The summed E-state index contributed by atoms with van der Waals surface area (Å²) in [5.74, 6) is 2.27. The molecule has 0 saturated heterocycles. The molecule has 0 unspecified atom stereocenters. The molecule has 0 aliphatic heterocycles. The lowest BCUT2D eigenvalue weighted by atomic mass is 10.1. The Hall–Kier alpha value is -3.14. The number of rotatable bonds is 7. The first kappa shape index (κ1) is 16.7. The van der Waals surface area contributed by atoms with E-state index in [4.69, 9.17) is 0 Å². The van der Waals surface area contributed by atoms with E-state index in [2.05, 4.69) is 52.3 Å². The lowest BCUT2D eigenvalue weighted by Crippen LogP contribution is -2.07. The summed E-state index contributed by atoms with van der Waals surface area (Å²) in [4.78, 5) is 9.27. The third kappa shape index (κ3) is 4.44. The number of nitrogens with one attached hydrogen (secondary N) is 2. The van der Waals surface area contributed by atoms with E-state index in [1.807, 2.05) is 48.5 Å². The van der Waals surface area contributed by atoms with Crippen LogP contribution in [-0.4, -0.2) is 16.5 Å². The van der Waals surface area contributed by atoms with Crippen molar-refractivity contribution in [2.24, 2.45) is 0 Å². The van der Waals surface area contributed by atoms with Crippen molar-refractivity contribution in [3.8, 4) is 11.4 Å². The van der Waals surface area contributed by atoms with Gasteiger partial charge < -0.3 is 10.6 Å². The molecule has 0 amide bonds. The van der Waals surface area contributed by atoms with Crippen molar-refractivity contribution in [2.45, 2.75) is 13.5 Å². The van der Waals surface area contributed by atoms with Crippen LogP contribution in [0.3, 0.4) is 0 Å². The third-order valence-electron chi connectivity index (χ3n) is 3.91. The standard InChI is InChI=1S/C21H22N4/c1-3-13-22-19-14-20(23-15-18-12-8-7-9-16(18)2)25-21(24-19)17-10-5-4-6-11-17/h3-12,14H,1,13,15H2,2H3,(H2,22,23,24,25). The van der Waals surface area contributed by atoms with Gasteiger partial charge in [0.2, 0.25) is 0 Å². The van der Waals surface area contributed by atoms with E-state index in [1.54, 1.807) is 0 Å². The van der Waals surface area contributed by atoms with Crippen LogP contribution in [0.4, 0.5) is 11.6 Å². The van der Waals surface area contributed by atoms with Gasteiger partial charge in [0.05, 0.1) is 0 Å². The summed E-state index contributed by atoms with van der Waals surface area (Å²) >= 11 is 0. The largest absolute Gasteiger partial charge is 0.366 e. The van der Waals surface area contributed by atoms with Gasteiger partial charge in [-0.3, -0.25) is 0 Å². The Morgan fingerprint density at radius 2 is 1.60 bits per heavy atom. The van der Waals surface area contributed by atoms with Gasteiger partial charge in [-0.05, 0) is 18.1 Å². The molecule has 3 rings (SSSR count). The molecule has 0 radical (unpaired) electrons. The summed E-state index contributed by atoms with van der Waals surface area (Å²) in [6, 6.07) is 20.3. The van der Waals surface area contributed by atoms with Crippen molar-refractivity contribution in [1.29, 1.82) is 0 Å². The van der Waals surface area contributed by atoms with Gasteiger partial charge in [0, 0.05) is 24.7 Å². The smallest absolute Gasteiger partial charge is 0.163 e. The molecule has 0 bridgehead atoms. The van der Waals surface area contributed by atoms with E-state index in [0.717, 1.165) is 23.7 Å². The molecule has 0 saturated carbocycles. The molecule has 0 spiro atoms. The van der Waals surface area contributed by atoms with E-state index in [-0.39, 0.29) is 0 Å². The fourth-order valence-electron chi connectivity index (χ4n) is 2.52. The predicted molar refractivity (Wildman–Crippen MR) is 105 cm³/mol. The number of hydrogen-bond donors (Lipinski definition) is 2. The van der Waals surface area contributed by atoms with Gasteiger partial charge in [0.1, 0.15) is 11.6 Å². The molecule has 2 aromatic carbocycles. The molecule has 0 fully saturated rings. The molecule has 126 valence electrons. The quantitative estimate of drug-likeness (QED) is 0.619. The maximum Gasteiger partial charge on any atom is 0.163 e. The highest BCUT2D eigenvalue weighted by Gasteiger charge is 2.07. The maximum absolute atomic E-state index is 4.67. The van der Waals surface area contributed by atoms with Crippen molar-refractivity contribution in [2.75, 3.05) is 17.2 Å².